The highest BCUT2D eigenvalue weighted by Gasteiger charge is 2.34. The standard InChI is InChI=1S/C19H27N3O2/c1-13-11-21(14-5-6-14)9-10-22(12-13)19(24)20-17-8-7-16-15(17)3-2-4-18(16)23/h2-4,13-14,17,23H,5-12H2,1H3,(H,20,24). The summed E-state index contributed by atoms with van der Waals surface area (Å²) in [7, 11) is 0. The van der Waals surface area contributed by atoms with Gasteiger partial charge in [-0.1, -0.05) is 19.1 Å². The first-order chi connectivity index (χ1) is 11.6. The van der Waals surface area contributed by atoms with E-state index in [0.717, 1.165) is 56.2 Å². The Morgan fingerprint density at radius 2 is 2.04 bits per heavy atom. The van der Waals surface area contributed by atoms with Crippen LogP contribution in [0.1, 0.15) is 43.4 Å². The van der Waals surface area contributed by atoms with Gasteiger partial charge in [-0.05, 0) is 48.8 Å². The van der Waals surface area contributed by atoms with Gasteiger partial charge < -0.3 is 15.3 Å². The fourth-order valence-electron chi connectivity index (χ4n) is 4.25. The normalized spacial score (nSPS) is 27.6. The summed E-state index contributed by atoms with van der Waals surface area (Å²) in [6.45, 7) is 5.98. The summed E-state index contributed by atoms with van der Waals surface area (Å²) in [6, 6.07) is 6.44. The van der Waals surface area contributed by atoms with Gasteiger partial charge in [0.1, 0.15) is 5.75 Å². The fraction of sp³-hybridized carbons (Fsp3) is 0.632. The number of benzene rings is 1. The summed E-state index contributed by atoms with van der Waals surface area (Å²) >= 11 is 0. The predicted octanol–water partition coefficient (Wildman–Crippen LogP) is 2.51. The second-order valence-corrected chi connectivity index (χ2v) is 7.66. The van der Waals surface area contributed by atoms with Crippen LogP contribution >= 0.6 is 0 Å². The van der Waals surface area contributed by atoms with E-state index in [1.165, 1.54) is 12.8 Å². The van der Waals surface area contributed by atoms with Crippen molar-refractivity contribution in [2.75, 3.05) is 26.2 Å². The van der Waals surface area contributed by atoms with Crippen molar-refractivity contribution >= 4 is 6.03 Å². The zero-order valence-electron chi connectivity index (χ0n) is 14.4. The summed E-state index contributed by atoms with van der Waals surface area (Å²) in [5.41, 5.74) is 2.07. The lowest BCUT2D eigenvalue weighted by Gasteiger charge is -2.25. The summed E-state index contributed by atoms with van der Waals surface area (Å²) in [5.74, 6) is 0.867. The Morgan fingerprint density at radius 1 is 1.21 bits per heavy atom. The van der Waals surface area contributed by atoms with Crippen LogP contribution in [0.4, 0.5) is 4.79 Å². The quantitative estimate of drug-likeness (QED) is 0.876. The van der Waals surface area contributed by atoms with E-state index in [4.69, 9.17) is 0 Å². The van der Waals surface area contributed by atoms with Gasteiger partial charge in [0.05, 0.1) is 6.04 Å². The average molecular weight is 329 g/mol. The zero-order chi connectivity index (χ0) is 16.7. The number of hydrogen-bond donors (Lipinski definition) is 2. The third kappa shape index (κ3) is 3.09. The van der Waals surface area contributed by atoms with Crippen LogP contribution in [-0.2, 0) is 6.42 Å². The molecule has 1 aromatic carbocycles. The van der Waals surface area contributed by atoms with Crippen molar-refractivity contribution in [3.63, 3.8) is 0 Å². The molecule has 2 amide bonds. The maximum atomic E-state index is 12.8. The Balaban J connectivity index is 1.41. The van der Waals surface area contributed by atoms with Crippen molar-refractivity contribution in [2.24, 2.45) is 5.92 Å². The topological polar surface area (TPSA) is 55.8 Å². The van der Waals surface area contributed by atoms with E-state index in [9.17, 15) is 9.90 Å². The minimum atomic E-state index is 0.0256. The van der Waals surface area contributed by atoms with E-state index in [-0.39, 0.29) is 12.1 Å². The smallest absolute Gasteiger partial charge is 0.317 e. The molecule has 24 heavy (non-hydrogen) atoms. The number of aromatic hydroxyl groups is 1. The zero-order valence-corrected chi connectivity index (χ0v) is 14.4. The molecule has 2 N–H and O–H groups in total. The van der Waals surface area contributed by atoms with Crippen LogP contribution in [0.3, 0.4) is 0 Å². The van der Waals surface area contributed by atoms with Gasteiger partial charge in [-0.3, -0.25) is 4.90 Å². The average Bonchev–Trinajstić information content (AvgIpc) is 3.34. The molecule has 3 aliphatic rings. The molecule has 2 atom stereocenters. The summed E-state index contributed by atoms with van der Waals surface area (Å²) in [5, 5.41) is 13.2. The molecule has 1 aromatic rings. The lowest BCUT2D eigenvalue weighted by atomic mass is 10.1. The van der Waals surface area contributed by atoms with Crippen LogP contribution in [0.25, 0.3) is 0 Å². The van der Waals surface area contributed by atoms with E-state index in [1.807, 2.05) is 17.0 Å². The summed E-state index contributed by atoms with van der Waals surface area (Å²) in [4.78, 5) is 17.3. The van der Waals surface area contributed by atoms with Gasteiger partial charge >= 0.3 is 6.03 Å². The van der Waals surface area contributed by atoms with Gasteiger partial charge in [-0.15, -0.1) is 0 Å². The number of rotatable bonds is 2. The van der Waals surface area contributed by atoms with E-state index < -0.39 is 0 Å². The Labute approximate surface area is 143 Å². The number of carbonyl (C=O) groups excluding carboxylic acids is 1. The molecule has 1 saturated heterocycles. The second-order valence-electron chi connectivity index (χ2n) is 7.66. The molecule has 1 saturated carbocycles. The fourth-order valence-corrected chi connectivity index (χ4v) is 4.25. The van der Waals surface area contributed by atoms with Gasteiger partial charge in [-0.25, -0.2) is 4.79 Å². The molecule has 130 valence electrons. The number of carbonyl (C=O) groups is 1. The maximum Gasteiger partial charge on any atom is 0.317 e. The minimum Gasteiger partial charge on any atom is -0.508 e. The molecule has 0 aromatic heterocycles. The first kappa shape index (κ1) is 15.8. The van der Waals surface area contributed by atoms with Crippen LogP contribution in [0.15, 0.2) is 18.2 Å². The molecule has 5 nitrogen and oxygen atoms in total. The Morgan fingerprint density at radius 3 is 2.83 bits per heavy atom. The second kappa shape index (κ2) is 6.28. The molecule has 1 aliphatic heterocycles. The molecule has 1 heterocycles. The number of fused-ring (bicyclic) bond motifs is 1. The number of nitrogens with zero attached hydrogens (tertiary/aromatic N) is 2. The van der Waals surface area contributed by atoms with Crippen molar-refractivity contribution < 1.29 is 9.90 Å². The van der Waals surface area contributed by atoms with Crippen molar-refractivity contribution in [2.45, 2.75) is 44.7 Å². The molecule has 2 unspecified atom stereocenters. The number of hydrogen-bond acceptors (Lipinski definition) is 3. The van der Waals surface area contributed by atoms with E-state index in [0.29, 0.717) is 11.7 Å². The van der Waals surface area contributed by atoms with Crippen molar-refractivity contribution in [3.8, 4) is 5.75 Å². The van der Waals surface area contributed by atoms with Crippen molar-refractivity contribution in [1.82, 2.24) is 15.1 Å². The Bertz CT molecular complexity index is 629. The van der Waals surface area contributed by atoms with Crippen molar-refractivity contribution in [3.05, 3.63) is 29.3 Å². The van der Waals surface area contributed by atoms with Gasteiger partial charge in [0, 0.05) is 32.2 Å². The van der Waals surface area contributed by atoms with Crippen LogP contribution < -0.4 is 5.32 Å². The number of nitrogens with one attached hydrogen (secondary N) is 1. The van der Waals surface area contributed by atoms with Gasteiger partial charge in [0.15, 0.2) is 0 Å². The lowest BCUT2D eigenvalue weighted by molar-refractivity contribution is 0.191. The van der Waals surface area contributed by atoms with E-state index in [2.05, 4.69) is 17.1 Å². The van der Waals surface area contributed by atoms with E-state index >= 15 is 0 Å². The van der Waals surface area contributed by atoms with Crippen LogP contribution in [0.2, 0.25) is 0 Å². The number of phenols is 1. The third-order valence-electron chi connectivity index (χ3n) is 5.63. The molecule has 5 heteroatoms. The summed E-state index contributed by atoms with van der Waals surface area (Å²) in [6.07, 6.45) is 4.34. The van der Waals surface area contributed by atoms with Gasteiger partial charge in [-0.2, -0.15) is 0 Å². The van der Waals surface area contributed by atoms with Gasteiger partial charge in [0.2, 0.25) is 0 Å². The first-order valence-corrected chi connectivity index (χ1v) is 9.22. The van der Waals surface area contributed by atoms with Crippen LogP contribution in [-0.4, -0.2) is 53.2 Å². The molecule has 0 radical (unpaired) electrons. The summed E-state index contributed by atoms with van der Waals surface area (Å²) < 4.78 is 0. The highest BCUT2D eigenvalue weighted by molar-refractivity contribution is 5.75. The highest BCUT2D eigenvalue weighted by Crippen LogP contribution is 2.36. The predicted molar refractivity (Wildman–Crippen MR) is 93.0 cm³/mol. The SMILES string of the molecule is CC1CN(C(=O)NC2CCc3c(O)cccc32)CCN(C2CC2)C1. The number of urea groups is 1. The molecule has 4 rings (SSSR count). The molecule has 2 fully saturated rings. The molecular weight excluding hydrogens is 302 g/mol. The molecule has 0 bridgehead atoms. The molecule has 2 aliphatic carbocycles. The molecule has 0 spiro atoms. The largest absolute Gasteiger partial charge is 0.508 e. The lowest BCUT2D eigenvalue weighted by Crippen LogP contribution is -2.43. The Kier molecular flexibility index (Phi) is 4.12. The minimum absolute atomic E-state index is 0.0256. The first-order valence-electron chi connectivity index (χ1n) is 9.22. The molecular formula is C19H27N3O2. The van der Waals surface area contributed by atoms with Gasteiger partial charge in [0.25, 0.3) is 0 Å². The van der Waals surface area contributed by atoms with Crippen LogP contribution in [0, 0.1) is 5.92 Å². The third-order valence-corrected chi connectivity index (χ3v) is 5.63. The Hall–Kier alpha value is -1.75. The number of phenolic OH excluding ortho intramolecular Hbond substituents is 1. The van der Waals surface area contributed by atoms with Crippen LogP contribution in [0.5, 0.6) is 5.75 Å². The van der Waals surface area contributed by atoms with E-state index in [1.54, 1.807) is 6.07 Å². The van der Waals surface area contributed by atoms with Crippen molar-refractivity contribution in [1.29, 1.82) is 0 Å². The monoisotopic (exact) mass is 329 g/mol. The highest BCUT2D eigenvalue weighted by atomic mass is 16.3. The number of amides is 2. The maximum absolute atomic E-state index is 12.8.